The quantitative estimate of drug-likeness (QED) is 0.616. The lowest BCUT2D eigenvalue weighted by Crippen LogP contribution is -2.18. The van der Waals surface area contributed by atoms with Crippen LogP contribution in [0.2, 0.25) is 0 Å². The Kier molecular flexibility index (Phi) is 5.94. The molecule has 2 aromatic carbocycles. The van der Waals surface area contributed by atoms with Gasteiger partial charge < -0.3 is 9.47 Å². The molecule has 2 aromatic rings. The highest BCUT2D eigenvalue weighted by Crippen LogP contribution is 2.20. The van der Waals surface area contributed by atoms with Gasteiger partial charge in [-0.1, -0.05) is 17.7 Å². The fraction of sp³-hybridized carbons (Fsp3) is 0.235. The second kappa shape index (κ2) is 7.94. The molecular formula is C17H20N2O4S. The van der Waals surface area contributed by atoms with E-state index in [1.807, 2.05) is 13.0 Å². The van der Waals surface area contributed by atoms with Gasteiger partial charge in [0.15, 0.2) is 0 Å². The van der Waals surface area contributed by atoms with E-state index >= 15 is 0 Å². The maximum atomic E-state index is 12.1. The maximum Gasteiger partial charge on any atom is 0.276 e. The Morgan fingerprint density at radius 1 is 1.12 bits per heavy atom. The van der Waals surface area contributed by atoms with Crippen molar-refractivity contribution >= 4 is 16.2 Å². The van der Waals surface area contributed by atoms with E-state index in [1.54, 1.807) is 38.5 Å². The van der Waals surface area contributed by atoms with E-state index in [0.717, 1.165) is 16.7 Å². The van der Waals surface area contributed by atoms with E-state index in [4.69, 9.17) is 9.47 Å². The summed E-state index contributed by atoms with van der Waals surface area (Å²) in [5.41, 5.74) is 2.57. The van der Waals surface area contributed by atoms with Crippen molar-refractivity contribution in [1.29, 1.82) is 0 Å². The molecule has 0 radical (unpaired) electrons. The molecule has 0 atom stereocenters. The second-order valence-corrected chi connectivity index (χ2v) is 6.83. The van der Waals surface area contributed by atoms with Crippen molar-refractivity contribution in [2.24, 2.45) is 5.10 Å². The zero-order valence-corrected chi connectivity index (χ0v) is 14.6. The number of nitrogens with zero attached hydrogens (tertiary/aromatic N) is 1. The van der Waals surface area contributed by atoms with E-state index in [-0.39, 0.29) is 4.90 Å². The van der Waals surface area contributed by atoms with Gasteiger partial charge >= 0.3 is 0 Å². The summed E-state index contributed by atoms with van der Waals surface area (Å²) in [5.74, 6) is 0.703. The largest absolute Gasteiger partial charge is 0.496 e. The lowest BCUT2D eigenvalue weighted by atomic mass is 10.1. The number of rotatable bonds is 7. The van der Waals surface area contributed by atoms with E-state index < -0.39 is 10.0 Å². The van der Waals surface area contributed by atoms with Gasteiger partial charge in [0, 0.05) is 12.7 Å². The monoisotopic (exact) mass is 348 g/mol. The first-order chi connectivity index (χ1) is 11.5. The standard InChI is InChI=1S/C17H20N2O4S/c1-13-4-7-16(8-5-13)24(20,21)19-18-11-14-6-9-17(23-3)15(10-14)12-22-2/h4-11,19H,12H2,1-3H3/b18-11-. The number of nitrogens with one attached hydrogen (secondary N) is 1. The van der Waals surface area contributed by atoms with Gasteiger partial charge in [-0.15, -0.1) is 0 Å². The van der Waals surface area contributed by atoms with Crippen molar-refractivity contribution in [3.8, 4) is 5.75 Å². The first kappa shape index (κ1) is 18.0. The molecular weight excluding hydrogens is 328 g/mol. The minimum Gasteiger partial charge on any atom is -0.496 e. The molecule has 0 spiro atoms. The number of sulfonamides is 1. The number of benzene rings is 2. The molecule has 1 N–H and O–H groups in total. The first-order valence-electron chi connectivity index (χ1n) is 7.23. The fourth-order valence-electron chi connectivity index (χ4n) is 2.09. The molecule has 7 heteroatoms. The van der Waals surface area contributed by atoms with Crippen LogP contribution in [0.25, 0.3) is 0 Å². The zero-order chi connectivity index (χ0) is 17.6. The molecule has 0 heterocycles. The molecule has 0 aliphatic rings. The number of hydrogen-bond donors (Lipinski definition) is 1. The third-order valence-corrected chi connectivity index (χ3v) is 4.56. The van der Waals surface area contributed by atoms with Crippen molar-refractivity contribution in [2.45, 2.75) is 18.4 Å². The molecule has 0 saturated heterocycles. The van der Waals surface area contributed by atoms with Crippen molar-refractivity contribution in [2.75, 3.05) is 14.2 Å². The number of aryl methyl sites for hydroxylation is 1. The van der Waals surface area contributed by atoms with Gasteiger partial charge in [-0.25, -0.2) is 4.83 Å². The van der Waals surface area contributed by atoms with E-state index in [0.29, 0.717) is 12.4 Å². The summed E-state index contributed by atoms with van der Waals surface area (Å²) in [4.78, 5) is 2.37. The van der Waals surface area contributed by atoms with E-state index in [9.17, 15) is 8.42 Å². The molecule has 0 saturated carbocycles. The Morgan fingerprint density at radius 2 is 1.83 bits per heavy atom. The summed E-state index contributed by atoms with van der Waals surface area (Å²) in [6.07, 6.45) is 1.43. The zero-order valence-electron chi connectivity index (χ0n) is 13.8. The highest BCUT2D eigenvalue weighted by atomic mass is 32.2. The Hall–Kier alpha value is -2.38. The number of ether oxygens (including phenoxy) is 2. The minimum absolute atomic E-state index is 0.167. The molecule has 0 aliphatic heterocycles. The smallest absolute Gasteiger partial charge is 0.276 e. The molecule has 0 unspecified atom stereocenters. The predicted molar refractivity (Wildman–Crippen MR) is 92.8 cm³/mol. The molecule has 0 amide bonds. The summed E-state index contributed by atoms with van der Waals surface area (Å²) in [5, 5.41) is 3.82. The molecule has 2 rings (SSSR count). The van der Waals surface area contributed by atoms with Crippen LogP contribution in [-0.4, -0.2) is 28.9 Å². The van der Waals surface area contributed by atoms with Gasteiger partial charge in [-0.2, -0.15) is 13.5 Å². The molecule has 0 aromatic heterocycles. The summed E-state index contributed by atoms with van der Waals surface area (Å²) in [6, 6.07) is 11.9. The Morgan fingerprint density at radius 3 is 2.46 bits per heavy atom. The van der Waals surface area contributed by atoms with Crippen molar-refractivity contribution in [1.82, 2.24) is 4.83 Å². The second-order valence-electron chi connectivity index (χ2n) is 5.17. The topological polar surface area (TPSA) is 77.0 Å². The van der Waals surface area contributed by atoms with Crippen molar-refractivity contribution < 1.29 is 17.9 Å². The average molecular weight is 348 g/mol. The first-order valence-corrected chi connectivity index (χ1v) is 8.72. The van der Waals surface area contributed by atoms with Crippen LogP contribution in [-0.2, 0) is 21.4 Å². The Bertz CT molecular complexity index is 815. The van der Waals surface area contributed by atoms with Crippen LogP contribution < -0.4 is 9.57 Å². The van der Waals surface area contributed by atoms with Gasteiger partial charge in [0.1, 0.15) is 5.75 Å². The third kappa shape index (κ3) is 4.56. The van der Waals surface area contributed by atoms with Crippen LogP contribution in [0, 0.1) is 6.92 Å². The van der Waals surface area contributed by atoms with Crippen LogP contribution in [0.1, 0.15) is 16.7 Å². The Balaban J connectivity index is 2.13. The highest BCUT2D eigenvalue weighted by Gasteiger charge is 2.11. The highest BCUT2D eigenvalue weighted by molar-refractivity contribution is 7.89. The van der Waals surface area contributed by atoms with Gasteiger partial charge in [0.05, 0.1) is 24.8 Å². The normalized spacial score (nSPS) is 11.6. The lowest BCUT2D eigenvalue weighted by Gasteiger charge is -2.08. The molecule has 0 aliphatic carbocycles. The fourth-order valence-corrected chi connectivity index (χ4v) is 2.88. The Labute approximate surface area is 142 Å². The van der Waals surface area contributed by atoms with Gasteiger partial charge in [-0.3, -0.25) is 0 Å². The van der Waals surface area contributed by atoms with Gasteiger partial charge in [-0.05, 0) is 42.8 Å². The summed E-state index contributed by atoms with van der Waals surface area (Å²) in [6.45, 7) is 2.28. The summed E-state index contributed by atoms with van der Waals surface area (Å²) < 4.78 is 34.6. The minimum atomic E-state index is -3.68. The summed E-state index contributed by atoms with van der Waals surface area (Å²) >= 11 is 0. The van der Waals surface area contributed by atoms with Crippen molar-refractivity contribution in [3.05, 3.63) is 59.2 Å². The number of hydrazone groups is 1. The van der Waals surface area contributed by atoms with E-state index in [1.165, 1.54) is 18.3 Å². The SMILES string of the molecule is COCc1cc(/C=N\NS(=O)(=O)c2ccc(C)cc2)ccc1OC. The van der Waals surface area contributed by atoms with Crippen molar-refractivity contribution in [3.63, 3.8) is 0 Å². The lowest BCUT2D eigenvalue weighted by molar-refractivity contribution is 0.181. The molecule has 0 bridgehead atoms. The molecule has 6 nitrogen and oxygen atoms in total. The van der Waals surface area contributed by atoms with Crippen LogP contribution in [0.4, 0.5) is 0 Å². The van der Waals surface area contributed by atoms with E-state index in [2.05, 4.69) is 9.93 Å². The predicted octanol–water partition coefficient (Wildman–Crippen LogP) is 2.46. The third-order valence-electron chi connectivity index (χ3n) is 3.32. The summed E-state index contributed by atoms with van der Waals surface area (Å²) in [7, 11) is -0.503. The maximum absolute atomic E-state index is 12.1. The van der Waals surface area contributed by atoms with Crippen LogP contribution in [0.5, 0.6) is 5.75 Å². The number of methoxy groups -OCH3 is 2. The molecule has 128 valence electrons. The average Bonchev–Trinajstić information content (AvgIpc) is 2.56. The number of hydrogen-bond acceptors (Lipinski definition) is 5. The van der Waals surface area contributed by atoms with Crippen LogP contribution in [0.15, 0.2) is 52.5 Å². The van der Waals surface area contributed by atoms with Gasteiger partial charge in [0.25, 0.3) is 10.0 Å². The molecule has 0 fully saturated rings. The molecule has 24 heavy (non-hydrogen) atoms. The van der Waals surface area contributed by atoms with Crippen LogP contribution in [0.3, 0.4) is 0 Å². The van der Waals surface area contributed by atoms with Gasteiger partial charge in [0.2, 0.25) is 0 Å². The van der Waals surface area contributed by atoms with Crippen LogP contribution >= 0.6 is 0 Å².